The third kappa shape index (κ3) is 3.91. The van der Waals surface area contributed by atoms with E-state index in [-0.39, 0.29) is 17.2 Å². The van der Waals surface area contributed by atoms with Crippen LogP contribution in [0.2, 0.25) is 0 Å². The average molecular weight is 398 g/mol. The fraction of sp³-hybridized carbons (Fsp3) is 0.0556. The molecule has 2 aromatic carbocycles. The fourth-order valence-corrected chi connectivity index (χ4v) is 3.18. The van der Waals surface area contributed by atoms with Gasteiger partial charge in [0, 0.05) is 22.6 Å². The van der Waals surface area contributed by atoms with Gasteiger partial charge in [-0.1, -0.05) is 30.3 Å². The standard InChI is InChI=1S/C18H12F2N6OS/c19-12-6-7-13(14(20)8-12)15-10-28-18(21-15)22-16(27)9-26-24-17(23-25-26)11-4-2-1-3-5-11/h1-8,10H,9H2,(H,21,22,27). The van der Waals surface area contributed by atoms with Gasteiger partial charge in [0.05, 0.1) is 5.69 Å². The number of amides is 1. The second-order valence-electron chi connectivity index (χ2n) is 5.72. The Morgan fingerprint density at radius 2 is 1.96 bits per heavy atom. The summed E-state index contributed by atoms with van der Waals surface area (Å²) >= 11 is 1.13. The van der Waals surface area contributed by atoms with E-state index in [1.54, 1.807) is 5.38 Å². The van der Waals surface area contributed by atoms with Crippen molar-refractivity contribution < 1.29 is 13.6 Å². The Kier molecular flexibility index (Phi) is 4.85. The minimum atomic E-state index is -0.719. The predicted octanol–water partition coefficient (Wildman–Crippen LogP) is 3.38. The van der Waals surface area contributed by atoms with Crippen molar-refractivity contribution in [2.24, 2.45) is 0 Å². The van der Waals surface area contributed by atoms with Crippen molar-refractivity contribution in [3.63, 3.8) is 0 Å². The number of aromatic nitrogens is 5. The van der Waals surface area contributed by atoms with Gasteiger partial charge in [0.1, 0.15) is 18.2 Å². The first kappa shape index (κ1) is 17.9. The molecule has 1 N–H and O–H groups in total. The number of thiazole rings is 1. The lowest BCUT2D eigenvalue weighted by molar-refractivity contribution is -0.117. The maximum absolute atomic E-state index is 13.8. The number of hydrogen-bond acceptors (Lipinski definition) is 6. The molecular weight excluding hydrogens is 386 g/mol. The Labute approximate surface area is 161 Å². The van der Waals surface area contributed by atoms with Gasteiger partial charge >= 0.3 is 0 Å². The SMILES string of the molecule is O=C(Cn1nnc(-c2ccccc2)n1)Nc1nc(-c2ccc(F)cc2F)cs1. The fourth-order valence-electron chi connectivity index (χ4n) is 2.45. The van der Waals surface area contributed by atoms with Gasteiger partial charge < -0.3 is 5.32 Å². The van der Waals surface area contributed by atoms with Gasteiger partial charge in [0.2, 0.25) is 11.7 Å². The van der Waals surface area contributed by atoms with Crippen LogP contribution in [0.3, 0.4) is 0 Å². The summed E-state index contributed by atoms with van der Waals surface area (Å²) in [4.78, 5) is 17.5. The molecule has 0 aliphatic rings. The van der Waals surface area contributed by atoms with Gasteiger partial charge in [-0.15, -0.1) is 21.5 Å². The number of nitrogens with one attached hydrogen (secondary N) is 1. The smallest absolute Gasteiger partial charge is 0.249 e. The van der Waals surface area contributed by atoms with Gasteiger partial charge in [-0.25, -0.2) is 13.8 Å². The van der Waals surface area contributed by atoms with Crippen molar-refractivity contribution in [2.75, 3.05) is 5.32 Å². The number of carbonyl (C=O) groups is 1. The molecule has 140 valence electrons. The van der Waals surface area contributed by atoms with Crippen molar-refractivity contribution in [1.82, 2.24) is 25.2 Å². The Bertz CT molecular complexity index is 1130. The summed E-state index contributed by atoms with van der Waals surface area (Å²) in [5.41, 5.74) is 1.26. The topological polar surface area (TPSA) is 85.6 Å². The molecule has 1 amide bonds. The molecule has 0 spiro atoms. The van der Waals surface area contributed by atoms with E-state index < -0.39 is 17.5 Å². The largest absolute Gasteiger partial charge is 0.300 e. The second-order valence-corrected chi connectivity index (χ2v) is 6.58. The van der Waals surface area contributed by atoms with Crippen LogP contribution in [0.25, 0.3) is 22.6 Å². The van der Waals surface area contributed by atoms with E-state index in [4.69, 9.17) is 0 Å². The molecule has 2 aromatic heterocycles. The zero-order valence-electron chi connectivity index (χ0n) is 14.2. The van der Waals surface area contributed by atoms with Crippen LogP contribution in [0.15, 0.2) is 53.9 Å². The van der Waals surface area contributed by atoms with Crippen molar-refractivity contribution in [3.8, 4) is 22.6 Å². The zero-order chi connectivity index (χ0) is 19.5. The quantitative estimate of drug-likeness (QED) is 0.557. The van der Waals surface area contributed by atoms with E-state index in [0.29, 0.717) is 11.5 Å². The lowest BCUT2D eigenvalue weighted by atomic mass is 10.1. The van der Waals surface area contributed by atoms with Crippen molar-refractivity contribution in [1.29, 1.82) is 0 Å². The Balaban J connectivity index is 1.42. The summed E-state index contributed by atoms with van der Waals surface area (Å²) in [6, 6.07) is 12.5. The molecule has 0 aliphatic carbocycles. The highest BCUT2D eigenvalue weighted by Gasteiger charge is 2.13. The van der Waals surface area contributed by atoms with E-state index in [1.165, 1.54) is 10.9 Å². The maximum Gasteiger partial charge on any atom is 0.249 e. The number of hydrogen-bond donors (Lipinski definition) is 1. The van der Waals surface area contributed by atoms with Crippen LogP contribution in [0.1, 0.15) is 0 Å². The minimum Gasteiger partial charge on any atom is -0.300 e. The molecule has 0 fully saturated rings. The average Bonchev–Trinajstić information content (AvgIpc) is 3.32. The highest BCUT2D eigenvalue weighted by Crippen LogP contribution is 2.27. The van der Waals surface area contributed by atoms with Crippen LogP contribution in [-0.2, 0) is 11.3 Å². The van der Waals surface area contributed by atoms with Crippen molar-refractivity contribution in [3.05, 3.63) is 65.5 Å². The van der Waals surface area contributed by atoms with E-state index in [2.05, 4.69) is 25.7 Å². The summed E-state index contributed by atoms with van der Waals surface area (Å²) in [5.74, 6) is -1.38. The summed E-state index contributed by atoms with van der Waals surface area (Å²) < 4.78 is 26.9. The van der Waals surface area contributed by atoms with Gasteiger partial charge in [-0.05, 0) is 17.3 Å². The maximum atomic E-state index is 13.8. The third-order valence-corrected chi connectivity index (χ3v) is 4.49. The number of rotatable bonds is 5. The molecule has 0 atom stereocenters. The molecule has 0 saturated carbocycles. The number of tetrazole rings is 1. The zero-order valence-corrected chi connectivity index (χ0v) is 15.0. The normalized spacial score (nSPS) is 10.8. The highest BCUT2D eigenvalue weighted by molar-refractivity contribution is 7.14. The van der Waals surface area contributed by atoms with Crippen LogP contribution in [-0.4, -0.2) is 31.1 Å². The molecular formula is C18H12F2N6OS. The molecule has 0 unspecified atom stereocenters. The Hall–Kier alpha value is -3.53. The number of nitrogens with zero attached hydrogens (tertiary/aromatic N) is 5. The monoisotopic (exact) mass is 398 g/mol. The number of carbonyl (C=O) groups excluding carboxylic acids is 1. The molecule has 0 bridgehead atoms. The van der Waals surface area contributed by atoms with Gasteiger partial charge in [0.25, 0.3) is 0 Å². The Morgan fingerprint density at radius 3 is 2.75 bits per heavy atom. The van der Waals surface area contributed by atoms with Crippen LogP contribution in [0.5, 0.6) is 0 Å². The summed E-state index contributed by atoms with van der Waals surface area (Å²) in [7, 11) is 0. The number of anilines is 1. The molecule has 2 heterocycles. The van der Waals surface area contributed by atoms with E-state index in [9.17, 15) is 13.6 Å². The molecule has 7 nitrogen and oxygen atoms in total. The predicted molar refractivity (Wildman–Crippen MR) is 99.3 cm³/mol. The van der Waals surface area contributed by atoms with Crippen LogP contribution in [0, 0.1) is 11.6 Å². The van der Waals surface area contributed by atoms with Crippen molar-refractivity contribution in [2.45, 2.75) is 6.54 Å². The van der Waals surface area contributed by atoms with Crippen LogP contribution < -0.4 is 5.32 Å². The molecule has 0 saturated heterocycles. The molecule has 28 heavy (non-hydrogen) atoms. The van der Waals surface area contributed by atoms with E-state index in [0.717, 1.165) is 29.0 Å². The first-order valence-electron chi connectivity index (χ1n) is 8.12. The first-order valence-corrected chi connectivity index (χ1v) is 9.00. The van der Waals surface area contributed by atoms with Crippen LogP contribution >= 0.6 is 11.3 Å². The van der Waals surface area contributed by atoms with E-state index >= 15 is 0 Å². The molecule has 4 aromatic rings. The van der Waals surface area contributed by atoms with Crippen LogP contribution in [0.4, 0.5) is 13.9 Å². The van der Waals surface area contributed by atoms with E-state index in [1.807, 2.05) is 30.3 Å². The lowest BCUT2D eigenvalue weighted by Crippen LogP contribution is -2.20. The highest BCUT2D eigenvalue weighted by atomic mass is 32.1. The molecule has 0 radical (unpaired) electrons. The molecule has 10 heteroatoms. The van der Waals surface area contributed by atoms with Gasteiger partial charge in [-0.3, -0.25) is 4.79 Å². The summed E-state index contributed by atoms with van der Waals surface area (Å²) in [5, 5.41) is 16.4. The summed E-state index contributed by atoms with van der Waals surface area (Å²) in [6.45, 7) is -0.153. The minimum absolute atomic E-state index is 0.153. The Morgan fingerprint density at radius 1 is 1.14 bits per heavy atom. The third-order valence-electron chi connectivity index (χ3n) is 3.73. The molecule has 4 rings (SSSR count). The molecule has 0 aliphatic heterocycles. The van der Waals surface area contributed by atoms with Gasteiger partial charge in [0.15, 0.2) is 5.13 Å². The number of halogens is 2. The van der Waals surface area contributed by atoms with Gasteiger partial charge in [-0.2, -0.15) is 4.80 Å². The van der Waals surface area contributed by atoms with Crippen molar-refractivity contribution >= 4 is 22.4 Å². The first-order chi connectivity index (χ1) is 13.6. The summed E-state index contributed by atoms with van der Waals surface area (Å²) in [6.07, 6.45) is 0. The second kappa shape index (κ2) is 7.61. The lowest BCUT2D eigenvalue weighted by Gasteiger charge is -2.01. The number of benzene rings is 2.